The summed E-state index contributed by atoms with van der Waals surface area (Å²) in [7, 11) is 2.12. The van der Waals surface area contributed by atoms with Crippen LogP contribution in [0.2, 0.25) is 0 Å². The summed E-state index contributed by atoms with van der Waals surface area (Å²) in [6.45, 7) is 5.95. The number of likely N-dealkylation sites (N-methyl/N-ethyl adjacent to an activating group) is 1. The average molecular weight is 413 g/mol. The van der Waals surface area contributed by atoms with E-state index < -0.39 is 0 Å². The summed E-state index contributed by atoms with van der Waals surface area (Å²) in [5.74, 6) is 1.87. The molecule has 1 atom stereocenters. The van der Waals surface area contributed by atoms with E-state index in [1.807, 2.05) is 37.3 Å². The zero-order valence-corrected chi connectivity index (χ0v) is 18.1. The zero-order valence-electron chi connectivity index (χ0n) is 18.1. The van der Waals surface area contributed by atoms with E-state index in [4.69, 9.17) is 14.2 Å². The number of carbonyl (C=O) groups is 1. The molecule has 2 aromatic carbocycles. The van der Waals surface area contributed by atoms with E-state index in [2.05, 4.69) is 24.2 Å². The molecule has 1 unspecified atom stereocenters. The van der Waals surface area contributed by atoms with Crippen LogP contribution in [0.5, 0.6) is 17.2 Å². The van der Waals surface area contributed by atoms with Crippen LogP contribution in [0.3, 0.4) is 0 Å². The van der Waals surface area contributed by atoms with Crippen molar-refractivity contribution in [2.45, 2.75) is 38.8 Å². The van der Waals surface area contributed by atoms with E-state index in [0.717, 1.165) is 5.75 Å². The van der Waals surface area contributed by atoms with Crippen molar-refractivity contribution in [1.82, 2.24) is 10.2 Å². The first-order valence-corrected chi connectivity index (χ1v) is 10.7. The molecule has 0 aromatic heterocycles. The van der Waals surface area contributed by atoms with Crippen LogP contribution in [0.4, 0.5) is 0 Å². The van der Waals surface area contributed by atoms with Crippen molar-refractivity contribution in [3.05, 3.63) is 54.1 Å². The van der Waals surface area contributed by atoms with Gasteiger partial charge in [0.05, 0.1) is 6.61 Å². The first-order chi connectivity index (χ1) is 14.6. The van der Waals surface area contributed by atoms with Crippen LogP contribution in [-0.2, 0) is 0 Å². The van der Waals surface area contributed by atoms with Gasteiger partial charge in [0.15, 0.2) is 11.5 Å². The fourth-order valence-corrected chi connectivity index (χ4v) is 3.19. The number of benzene rings is 2. The van der Waals surface area contributed by atoms with Gasteiger partial charge in [0.25, 0.3) is 5.91 Å². The van der Waals surface area contributed by atoms with Crippen LogP contribution in [0.1, 0.15) is 37.0 Å². The maximum Gasteiger partial charge on any atom is 0.251 e. The first-order valence-electron chi connectivity index (χ1n) is 10.7. The topological polar surface area (TPSA) is 60.0 Å². The minimum absolute atomic E-state index is 0.106. The molecule has 1 aliphatic rings. The summed E-state index contributed by atoms with van der Waals surface area (Å²) in [5.41, 5.74) is 0.563. The Morgan fingerprint density at radius 3 is 2.50 bits per heavy atom. The summed E-state index contributed by atoms with van der Waals surface area (Å²) < 4.78 is 17.2. The van der Waals surface area contributed by atoms with Crippen molar-refractivity contribution >= 4 is 5.91 Å². The van der Waals surface area contributed by atoms with Crippen LogP contribution >= 0.6 is 0 Å². The van der Waals surface area contributed by atoms with Gasteiger partial charge in [-0.3, -0.25) is 9.69 Å². The lowest BCUT2D eigenvalue weighted by molar-refractivity contribution is 0.0939. The number of nitrogens with one attached hydrogen (secondary N) is 1. The fraction of sp³-hybridized carbons (Fsp3) is 0.458. The Balaban J connectivity index is 1.52. The zero-order chi connectivity index (χ0) is 21.3. The van der Waals surface area contributed by atoms with Crippen molar-refractivity contribution in [2.75, 3.05) is 33.4 Å². The van der Waals surface area contributed by atoms with E-state index in [9.17, 15) is 4.79 Å². The number of nitrogens with zero attached hydrogens (tertiary/aromatic N) is 1. The summed E-state index contributed by atoms with van der Waals surface area (Å²) >= 11 is 0. The van der Waals surface area contributed by atoms with Crippen LogP contribution in [-0.4, -0.2) is 56.3 Å². The Hall–Kier alpha value is -2.73. The van der Waals surface area contributed by atoms with Gasteiger partial charge in [0, 0.05) is 24.2 Å². The largest absolute Gasteiger partial charge is 0.490 e. The number of ether oxygens (including phenoxy) is 3. The first kappa shape index (κ1) is 22.0. The molecular formula is C24H32N2O4. The molecule has 162 valence electrons. The molecular weight excluding hydrogens is 380 g/mol. The number of para-hydroxylation sites is 1. The molecule has 30 heavy (non-hydrogen) atoms. The monoisotopic (exact) mass is 412 g/mol. The number of amides is 1. The van der Waals surface area contributed by atoms with Gasteiger partial charge in [-0.2, -0.15) is 0 Å². The number of rotatable bonds is 12. The highest BCUT2D eigenvalue weighted by Gasteiger charge is 2.29. The smallest absolute Gasteiger partial charge is 0.251 e. The summed E-state index contributed by atoms with van der Waals surface area (Å²) in [6.07, 6.45) is 2.51. The van der Waals surface area contributed by atoms with Gasteiger partial charge < -0.3 is 19.5 Å². The van der Waals surface area contributed by atoms with Gasteiger partial charge >= 0.3 is 0 Å². The van der Waals surface area contributed by atoms with E-state index in [1.165, 1.54) is 12.8 Å². The highest BCUT2D eigenvalue weighted by Crippen LogP contribution is 2.29. The molecule has 0 radical (unpaired) electrons. The van der Waals surface area contributed by atoms with Crippen LogP contribution in [0, 0.1) is 0 Å². The molecule has 1 fully saturated rings. The molecule has 3 rings (SSSR count). The SMILES string of the molecule is CCOc1cc(C(=O)NCC(C)N(C)C2CC2)ccc1OCCOc1ccccc1. The van der Waals surface area contributed by atoms with Gasteiger partial charge in [-0.05, 0) is 64.1 Å². The summed E-state index contributed by atoms with van der Waals surface area (Å²) in [5, 5.41) is 3.02. The molecule has 0 saturated heterocycles. The number of hydrogen-bond acceptors (Lipinski definition) is 5. The van der Waals surface area contributed by atoms with Crippen molar-refractivity contribution < 1.29 is 19.0 Å². The lowest BCUT2D eigenvalue weighted by atomic mass is 10.1. The molecule has 0 bridgehead atoms. The predicted molar refractivity (Wildman–Crippen MR) is 118 cm³/mol. The third-order valence-electron chi connectivity index (χ3n) is 5.23. The molecule has 6 nitrogen and oxygen atoms in total. The second-order valence-electron chi connectivity index (χ2n) is 7.56. The van der Waals surface area contributed by atoms with Crippen LogP contribution < -0.4 is 19.5 Å². The second-order valence-corrected chi connectivity index (χ2v) is 7.56. The minimum atomic E-state index is -0.106. The van der Waals surface area contributed by atoms with E-state index >= 15 is 0 Å². The van der Waals surface area contributed by atoms with Gasteiger partial charge in [-0.1, -0.05) is 18.2 Å². The Morgan fingerprint density at radius 1 is 1.07 bits per heavy atom. The molecule has 1 saturated carbocycles. The van der Waals surface area contributed by atoms with E-state index in [1.54, 1.807) is 18.2 Å². The molecule has 1 amide bonds. The summed E-state index contributed by atoms with van der Waals surface area (Å²) in [4.78, 5) is 14.9. The van der Waals surface area contributed by atoms with Gasteiger partial charge in [0.2, 0.25) is 0 Å². The molecule has 0 heterocycles. The normalized spacial score (nSPS) is 14.3. The lowest BCUT2D eigenvalue weighted by Gasteiger charge is -2.24. The third kappa shape index (κ3) is 6.39. The van der Waals surface area contributed by atoms with Crippen LogP contribution in [0.25, 0.3) is 0 Å². The van der Waals surface area contributed by atoms with Crippen molar-refractivity contribution in [3.8, 4) is 17.2 Å². The Kier molecular flexibility index (Phi) is 7.97. The van der Waals surface area contributed by atoms with E-state index in [-0.39, 0.29) is 5.91 Å². The highest BCUT2D eigenvalue weighted by molar-refractivity contribution is 5.94. The quantitative estimate of drug-likeness (QED) is 0.538. The molecule has 0 aliphatic heterocycles. The highest BCUT2D eigenvalue weighted by atomic mass is 16.5. The predicted octanol–water partition coefficient (Wildman–Crippen LogP) is 3.76. The van der Waals surface area contributed by atoms with Crippen molar-refractivity contribution in [3.63, 3.8) is 0 Å². The Labute approximate surface area is 179 Å². The summed E-state index contributed by atoms with van der Waals surface area (Å²) in [6, 6.07) is 15.9. The standard InChI is InChI=1S/C24H32N2O4/c1-4-28-23-16-19(24(27)25-17-18(2)26(3)20-11-12-20)10-13-22(23)30-15-14-29-21-8-6-5-7-9-21/h5-10,13,16,18,20H,4,11-12,14-15,17H2,1-3H3,(H,25,27). The average Bonchev–Trinajstić information content (AvgIpc) is 3.61. The molecule has 6 heteroatoms. The van der Waals surface area contributed by atoms with Gasteiger partial charge in [-0.25, -0.2) is 0 Å². The Bertz CT molecular complexity index is 808. The number of hydrogen-bond donors (Lipinski definition) is 1. The second kappa shape index (κ2) is 10.9. The Morgan fingerprint density at radius 2 is 1.80 bits per heavy atom. The van der Waals surface area contributed by atoms with Crippen molar-refractivity contribution in [2.24, 2.45) is 0 Å². The van der Waals surface area contributed by atoms with E-state index in [0.29, 0.717) is 55.5 Å². The number of carbonyl (C=O) groups excluding carboxylic acids is 1. The molecule has 2 aromatic rings. The molecule has 0 spiro atoms. The van der Waals surface area contributed by atoms with Gasteiger partial charge in [-0.15, -0.1) is 0 Å². The minimum Gasteiger partial charge on any atom is -0.490 e. The maximum absolute atomic E-state index is 12.6. The maximum atomic E-state index is 12.6. The fourth-order valence-electron chi connectivity index (χ4n) is 3.19. The third-order valence-corrected chi connectivity index (χ3v) is 5.23. The van der Waals surface area contributed by atoms with Crippen molar-refractivity contribution in [1.29, 1.82) is 0 Å². The van der Waals surface area contributed by atoms with Crippen LogP contribution in [0.15, 0.2) is 48.5 Å². The van der Waals surface area contributed by atoms with Gasteiger partial charge in [0.1, 0.15) is 19.0 Å². The molecule has 1 N–H and O–H groups in total. The molecule has 1 aliphatic carbocycles. The lowest BCUT2D eigenvalue weighted by Crippen LogP contribution is -2.41.